The zero-order valence-corrected chi connectivity index (χ0v) is 9.35. The number of anilines is 1. The van der Waals surface area contributed by atoms with Gasteiger partial charge in [-0.2, -0.15) is 5.26 Å². The maximum Gasteiger partial charge on any atom is 0.0991 e. The van der Waals surface area contributed by atoms with E-state index in [0.29, 0.717) is 5.56 Å². The molecule has 0 aliphatic heterocycles. The molecule has 0 radical (unpaired) electrons. The minimum Gasteiger partial charge on any atom is -0.399 e. The van der Waals surface area contributed by atoms with Crippen molar-refractivity contribution < 1.29 is 0 Å². The lowest BCUT2D eigenvalue weighted by molar-refractivity contribution is 1.48. The summed E-state index contributed by atoms with van der Waals surface area (Å²) in [5.41, 5.74) is 10.2. The van der Waals surface area contributed by atoms with Gasteiger partial charge in [0.05, 0.1) is 11.6 Å². The van der Waals surface area contributed by atoms with Crippen molar-refractivity contribution in [3.63, 3.8) is 0 Å². The molecule has 0 aliphatic carbocycles. The Kier molecular flexibility index (Phi) is 2.93. The molecular weight excluding hydrogens is 208 g/mol. The first-order valence-electron chi connectivity index (χ1n) is 5.27. The van der Waals surface area contributed by atoms with Crippen LogP contribution in [-0.2, 0) is 0 Å². The van der Waals surface area contributed by atoms with Gasteiger partial charge in [0.2, 0.25) is 0 Å². The van der Waals surface area contributed by atoms with Crippen molar-refractivity contribution in [3.05, 3.63) is 60.2 Å². The van der Waals surface area contributed by atoms with Crippen molar-refractivity contribution >= 4 is 11.8 Å². The number of nitrogens with two attached hydrogens (primary N) is 1. The van der Waals surface area contributed by atoms with Crippen molar-refractivity contribution in [2.75, 3.05) is 5.73 Å². The second-order valence-electron chi connectivity index (χ2n) is 3.74. The molecule has 0 fully saturated rings. The van der Waals surface area contributed by atoms with Crippen LogP contribution < -0.4 is 5.73 Å². The van der Waals surface area contributed by atoms with Crippen LogP contribution in [0.5, 0.6) is 0 Å². The van der Waals surface area contributed by atoms with Gasteiger partial charge in [-0.1, -0.05) is 30.9 Å². The largest absolute Gasteiger partial charge is 0.399 e. The first kappa shape index (κ1) is 11.0. The second kappa shape index (κ2) is 4.54. The minimum absolute atomic E-state index is 0.657. The van der Waals surface area contributed by atoms with Gasteiger partial charge in [-0.15, -0.1) is 0 Å². The van der Waals surface area contributed by atoms with E-state index in [2.05, 4.69) is 12.6 Å². The van der Waals surface area contributed by atoms with Crippen LogP contribution in [0, 0.1) is 11.3 Å². The smallest absolute Gasteiger partial charge is 0.0991 e. The Hall–Kier alpha value is -2.53. The first-order valence-corrected chi connectivity index (χ1v) is 5.27. The van der Waals surface area contributed by atoms with Crippen molar-refractivity contribution in [1.82, 2.24) is 0 Å². The molecule has 0 bridgehead atoms. The normalized spacial score (nSPS) is 9.59. The zero-order valence-electron chi connectivity index (χ0n) is 9.35. The van der Waals surface area contributed by atoms with Crippen molar-refractivity contribution in [3.8, 4) is 17.2 Å². The molecule has 0 spiro atoms. The zero-order chi connectivity index (χ0) is 12.3. The maximum atomic E-state index is 8.75. The predicted octanol–water partition coefficient (Wildman–Crippen LogP) is 3.45. The Morgan fingerprint density at radius 3 is 2.41 bits per heavy atom. The highest BCUT2D eigenvalue weighted by Crippen LogP contribution is 2.26. The van der Waals surface area contributed by atoms with E-state index in [1.807, 2.05) is 30.3 Å². The number of nitrogens with zero attached hydrogens (tertiary/aromatic N) is 1. The summed E-state index contributed by atoms with van der Waals surface area (Å²) in [7, 11) is 0. The van der Waals surface area contributed by atoms with E-state index < -0.39 is 0 Å². The number of nitriles is 1. The summed E-state index contributed by atoms with van der Waals surface area (Å²) in [6.07, 6.45) is 1.78. The Labute approximate surface area is 101 Å². The molecule has 82 valence electrons. The van der Waals surface area contributed by atoms with Crippen LogP contribution in [0.1, 0.15) is 11.1 Å². The maximum absolute atomic E-state index is 8.75. The van der Waals surface area contributed by atoms with Gasteiger partial charge in [0, 0.05) is 5.69 Å². The number of nitrogen functional groups attached to an aromatic ring is 1. The molecule has 2 N–H and O–H groups in total. The van der Waals surface area contributed by atoms with Gasteiger partial charge in [-0.25, -0.2) is 0 Å². The van der Waals surface area contributed by atoms with E-state index in [0.717, 1.165) is 22.4 Å². The number of hydrogen-bond donors (Lipinski definition) is 1. The third-order valence-corrected chi connectivity index (χ3v) is 2.62. The van der Waals surface area contributed by atoms with Crippen molar-refractivity contribution in [1.29, 1.82) is 5.26 Å². The molecule has 2 nitrogen and oxygen atoms in total. The summed E-state index contributed by atoms with van der Waals surface area (Å²) >= 11 is 0. The van der Waals surface area contributed by atoms with Gasteiger partial charge in [0.1, 0.15) is 0 Å². The molecule has 0 unspecified atom stereocenters. The Morgan fingerprint density at radius 2 is 1.82 bits per heavy atom. The minimum atomic E-state index is 0.657. The highest BCUT2D eigenvalue weighted by molar-refractivity contribution is 5.77. The third-order valence-electron chi connectivity index (χ3n) is 2.62. The number of rotatable bonds is 2. The Balaban J connectivity index is 2.52. The van der Waals surface area contributed by atoms with Gasteiger partial charge < -0.3 is 5.73 Å². The van der Waals surface area contributed by atoms with Gasteiger partial charge in [-0.3, -0.25) is 0 Å². The van der Waals surface area contributed by atoms with E-state index in [1.54, 1.807) is 18.2 Å². The van der Waals surface area contributed by atoms with Crippen LogP contribution in [0.15, 0.2) is 49.0 Å². The van der Waals surface area contributed by atoms with Crippen LogP contribution in [0.2, 0.25) is 0 Å². The molecular formula is C15H12N2. The average Bonchev–Trinajstić information content (AvgIpc) is 2.39. The van der Waals surface area contributed by atoms with Crippen LogP contribution in [-0.4, -0.2) is 0 Å². The summed E-state index contributed by atoms with van der Waals surface area (Å²) in [4.78, 5) is 0. The molecule has 0 atom stereocenters. The number of hydrogen-bond acceptors (Lipinski definition) is 2. The fourth-order valence-electron chi connectivity index (χ4n) is 1.74. The van der Waals surface area contributed by atoms with Crippen molar-refractivity contribution in [2.24, 2.45) is 0 Å². The van der Waals surface area contributed by atoms with Gasteiger partial charge >= 0.3 is 0 Å². The SMILES string of the molecule is C=Cc1cc(N)ccc1-c1ccc(C#N)cc1. The molecule has 2 aromatic carbocycles. The molecule has 2 aromatic rings. The highest BCUT2D eigenvalue weighted by Gasteiger charge is 2.03. The second-order valence-corrected chi connectivity index (χ2v) is 3.74. The van der Waals surface area contributed by atoms with E-state index in [4.69, 9.17) is 11.0 Å². The fourth-order valence-corrected chi connectivity index (χ4v) is 1.74. The molecule has 0 aromatic heterocycles. The Bertz CT molecular complexity index is 589. The number of benzene rings is 2. The standard InChI is InChI=1S/C15H12N2/c1-2-12-9-14(17)7-8-15(12)13-5-3-11(10-16)4-6-13/h2-9H,1,17H2. The monoisotopic (exact) mass is 220 g/mol. The summed E-state index contributed by atoms with van der Waals surface area (Å²) in [6.45, 7) is 3.78. The fraction of sp³-hybridized carbons (Fsp3) is 0. The summed E-state index contributed by atoms with van der Waals surface area (Å²) < 4.78 is 0. The molecule has 0 saturated heterocycles. The Morgan fingerprint density at radius 1 is 1.12 bits per heavy atom. The summed E-state index contributed by atoms with van der Waals surface area (Å²) in [5, 5.41) is 8.75. The van der Waals surface area contributed by atoms with E-state index in [9.17, 15) is 0 Å². The molecule has 2 rings (SSSR count). The molecule has 0 saturated carbocycles. The molecule has 0 aliphatic rings. The molecule has 2 heteroatoms. The quantitative estimate of drug-likeness (QED) is 0.788. The lowest BCUT2D eigenvalue weighted by Crippen LogP contribution is -1.88. The van der Waals surface area contributed by atoms with Crippen LogP contribution >= 0.6 is 0 Å². The van der Waals surface area contributed by atoms with Crippen LogP contribution in [0.3, 0.4) is 0 Å². The average molecular weight is 220 g/mol. The first-order chi connectivity index (χ1) is 8.24. The molecule has 17 heavy (non-hydrogen) atoms. The van der Waals surface area contributed by atoms with Gasteiger partial charge in [-0.05, 0) is 41.0 Å². The van der Waals surface area contributed by atoms with E-state index in [1.165, 1.54) is 0 Å². The topological polar surface area (TPSA) is 49.8 Å². The van der Waals surface area contributed by atoms with Gasteiger partial charge in [0.15, 0.2) is 0 Å². The molecule has 0 amide bonds. The lowest BCUT2D eigenvalue weighted by Gasteiger charge is -2.07. The van der Waals surface area contributed by atoms with E-state index in [-0.39, 0.29) is 0 Å². The van der Waals surface area contributed by atoms with Crippen molar-refractivity contribution in [2.45, 2.75) is 0 Å². The third kappa shape index (κ3) is 2.19. The molecule has 0 heterocycles. The van der Waals surface area contributed by atoms with Crippen LogP contribution in [0.4, 0.5) is 5.69 Å². The lowest BCUT2D eigenvalue weighted by atomic mass is 9.98. The van der Waals surface area contributed by atoms with E-state index >= 15 is 0 Å². The predicted molar refractivity (Wildman–Crippen MR) is 71.1 cm³/mol. The van der Waals surface area contributed by atoms with Crippen LogP contribution in [0.25, 0.3) is 17.2 Å². The summed E-state index contributed by atoms with van der Waals surface area (Å²) in [6, 6.07) is 15.3. The highest BCUT2D eigenvalue weighted by atomic mass is 14.5. The summed E-state index contributed by atoms with van der Waals surface area (Å²) in [5.74, 6) is 0. The van der Waals surface area contributed by atoms with Gasteiger partial charge in [0.25, 0.3) is 0 Å².